The Morgan fingerprint density at radius 3 is 2.78 bits per heavy atom. The second-order valence-electron chi connectivity index (χ2n) is 7.89. The molecule has 0 saturated carbocycles. The minimum absolute atomic E-state index is 0.00926. The lowest BCUT2D eigenvalue weighted by Gasteiger charge is -2.46. The highest BCUT2D eigenvalue weighted by molar-refractivity contribution is 5.39. The van der Waals surface area contributed by atoms with E-state index in [1.807, 2.05) is 30.3 Å². The van der Waals surface area contributed by atoms with Gasteiger partial charge in [0.15, 0.2) is 0 Å². The molecule has 1 saturated heterocycles. The summed E-state index contributed by atoms with van der Waals surface area (Å²) in [4.78, 5) is 2.25. The second-order valence-corrected chi connectivity index (χ2v) is 7.89. The summed E-state index contributed by atoms with van der Waals surface area (Å²) in [5.41, 5.74) is 2.96. The molecule has 0 radical (unpaired) electrons. The number of nitrogens with zero attached hydrogens (tertiary/aromatic N) is 2. The molecule has 1 aliphatic rings. The molecule has 27 heavy (non-hydrogen) atoms. The van der Waals surface area contributed by atoms with Gasteiger partial charge in [-0.05, 0) is 75.1 Å². The average Bonchev–Trinajstić information content (AvgIpc) is 2.68. The van der Waals surface area contributed by atoms with Crippen molar-refractivity contribution >= 4 is 0 Å². The largest absolute Gasteiger partial charge is 0.508 e. The topological polar surface area (TPSA) is 59.3 Å². The quantitative estimate of drug-likeness (QED) is 0.827. The van der Waals surface area contributed by atoms with Gasteiger partial charge in [-0.15, -0.1) is 0 Å². The van der Waals surface area contributed by atoms with Crippen LogP contribution in [0.2, 0.25) is 0 Å². The molecule has 0 spiro atoms. The molecule has 1 aliphatic heterocycles. The first-order chi connectivity index (χ1) is 13.0. The lowest BCUT2D eigenvalue weighted by molar-refractivity contribution is 0.148. The number of aryl methyl sites for hydroxylation is 1. The number of nitriles is 1. The fraction of sp³-hybridized carbons (Fsp3) is 0.435. The highest BCUT2D eigenvalue weighted by atomic mass is 16.3. The molecule has 4 heteroatoms. The Hall–Kier alpha value is -2.35. The smallest absolute Gasteiger partial charge is 0.118 e. The zero-order valence-electron chi connectivity index (χ0n) is 16.3. The van der Waals surface area contributed by atoms with Gasteiger partial charge in [0.25, 0.3) is 0 Å². The molecule has 2 aromatic carbocycles. The second kappa shape index (κ2) is 8.56. The van der Waals surface area contributed by atoms with Crippen LogP contribution in [0.25, 0.3) is 0 Å². The van der Waals surface area contributed by atoms with Crippen molar-refractivity contribution in [3.63, 3.8) is 0 Å². The van der Waals surface area contributed by atoms with Crippen molar-refractivity contribution in [3.8, 4) is 11.8 Å². The van der Waals surface area contributed by atoms with E-state index in [1.165, 1.54) is 5.56 Å². The lowest BCUT2D eigenvalue weighted by Crippen LogP contribution is -2.52. The highest BCUT2D eigenvalue weighted by Crippen LogP contribution is 2.43. The van der Waals surface area contributed by atoms with E-state index in [-0.39, 0.29) is 5.41 Å². The molecular formula is C23H29N3O. The fourth-order valence-electron chi connectivity index (χ4n) is 4.50. The number of phenolic OH excluding ortho intramolecular Hbond substituents is 1. The van der Waals surface area contributed by atoms with Gasteiger partial charge in [-0.2, -0.15) is 5.26 Å². The van der Waals surface area contributed by atoms with Crippen molar-refractivity contribution in [2.45, 2.75) is 24.7 Å². The first kappa shape index (κ1) is 19.4. The van der Waals surface area contributed by atoms with E-state index in [9.17, 15) is 10.4 Å². The first-order valence-electron chi connectivity index (χ1n) is 9.68. The number of piperidine rings is 1. The third-order valence-electron chi connectivity index (χ3n) is 5.90. The molecule has 0 bridgehead atoms. The maximum Gasteiger partial charge on any atom is 0.118 e. The third kappa shape index (κ3) is 4.32. The molecule has 2 unspecified atom stereocenters. The van der Waals surface area contributed by atoms with Crippen LogP contribution in [-0.2, 0) is 11.8 Å². The van der Waals surface area contributed by atoms with Gasteiger partial charge in [0.1, 0.15) is 5.75 Å². The summed E-state index contributed by atoms with van der Waals surface area (Å²) in [5, 5.41) is 23.2. The summed E-state index contributed by atoms with van der Waals surface area (Å²) in [6.07, 6.45) is 2.82. The number of hydrogen-bond acceptors (Lipinski definition) is 4. The van der Waals surface area contributed by atoms with Gasteiger partial charge >= 0.3 is 0 Å². The summed E-state index contributed by atoms with van der Waals surface area (Å²) >= 11 is 0. The molecule has 3 rings (SSSR count). The minimum atomic E-state index is -0.00926. The standard InChI is InChI=1S/C23H29N3O/c1-26(2)17-21-16-25-13-12-23(21,20-8-5-6-18(14-20)15-24)11-10-19-7-3-4-9-22(19)27/h3-9,14,21,25,27H,10-13,16-17H2,1-2H3. The molecule has 142 valence electrons. The van der Waals surface area contributed by atoms with Crippen LogP contribution in [0.1, 0.15) is 29.5 Å². The maximum atomic E-state index is 10.2. The van der Waals surface area contributed by atoms with Crippen molar-refractivity contribution < 1.29 is 5.11 Å². The van der Waals surface area contributed by atoms with E-state index >= 15 is 0 Å². The van der Waals surface area contributed by atoms with Crippen LogP contribution in [0.4, 0.5) is 0 Å². The Morgan fingerprint density at radius 1 is 1.22 bits per heavy atom. The number of rotatable bonds is 6. The zero-order chi connectivity index (χ0) is 19.3. The zero-order valence-corrected chi connectivity index (χ0v) is 16.3. The van der Waals surface area contributed by atoms with Crippen LogP contribution < -0.4 is 5.32 Å². The molecule has 4 nitrogen and oxygen atoms in total. The van der Waals surface area contributed by atoms with Gasteiger partial charge in [-0.25, -0.2) is 0 Å². The van der Waals surface area contributed by atoms with E-state index in [0.717, 1.165) is 50.0 Å². The van der Waals surface area contributed by atoms with Crippen molar-refractivity contribution in [1.82, 2.24) is 10.2 Å². The Morgan fingerprint density at radius 2 is 2.04 bits per heavy atom. The van der Waals surface area contributed by atoms with E-state index in [0.29, 0.717) is 11.7 Å². The number of benzene rings is 2. The lowest BCUT2D eigenvalue weighted by atomic mass is 9.63. The van der Waals surface area contributed by atoms with Gasteiger partial charge in [0.2, 0.25) is 0 Å². The van der Waals surface area contributed by atoms with Gasteiger partial charge in [-0.3, -0.25) is 0 Å². The van der Waals surface area contributed by atoms with Crippen LogP contribution in [-0.4, -0.2) is 43.7 Å². The number of hydrogen-bond donors (Lipinski definition) is 2. The third-order valence-corrected chi connectivity index (χ3v) is 5.90. The Bertz CT molecular complexity index is 811. The van der Waals surface area contributed by atoms with Gasteiger partial charge < -0.3 is 15.3 Å². The van der Waals surface area contributed by atoms with E-state index in [1.54, 1.807) is 6.07 Å². The summed E-state index contributed by atoms with van der Waals surface area (Å²) < 4.78 is 0. The van der Waals surface area contributed by atoms with Crippen molar-refractivity contribution in [2.24, 2.45) is 5.92 Å². The van der Waals surface area contributed by atoms with E-state index in [4.69, 9.17) is 0 Å². The molecule has 0 aliphatic carbocycles. The van der Waals surface area contributed by atoms with Crippen LogP contribution >= 0.6 is 0 Å². The molecule has 0 aromatic heterocycles. The molecule has 0 amide bonds. The van der Waals surface area contributed by atoms with Crippen LogP contribution in [0.5, 0.6) is 5.75 Å². The van der Waals surface area contributed by atoms with Crippen LogP contribution in [0.15, 0.2) is 48.5 Å². The predicted molar refractivity (Wildman–Crippen MR) is 109 cm³/mol. The molecular weight excluding hydrogens is 334 g/mol. The van der Waals surface area contributed by atoms with Gasteiger partial charge in [0.05, 0.1) is 11.6 Å². The first-order valence-corrected chi connectivity index (χ1v) is 9.68. The van der Waals surface area contributed by atoms with Gasteiger partial charge in [-0.1, -0.05) is 30.3 Å². The summed E-state index contributed by atoms with van der Waals surface area (Å²) in [5.74, 6) is 0.817. The summed E-state index contributed by atoms with van der Waals surface area (Å²) in [7, 11) is 4.24. The monoisotopic (exact) mass is 363 g/mol. The maximum absolute atomic E-state index is 10.2. The number of phenols is 1. The Kier molecular flexibility index (Phi) is 6.15. The minimum Gasteiger partial charge on any atom is -0.508 e. The number of aromatic hydroxyl groups is 1. The molecule has 1 fully saturated rings. The number of para-hydroxylation sites is 1. The van der Waals surface area contributed by atoms with Crippen molar-refractivity contribution in [1.29, 1.82) is 5.26 Å². The van der Waals surface area contributed by atoms with E-state index in [2.05, 4.69) is 42.5 Å². The molecule has 1 heterocycles. The van der Waals surface area contributed by atoms with Crippen LogP contribution in [0.3, 0.4) is 0 Å². The van der Waals surface area contributed by atoms with Crippen LogP contribution in [0, 0.1) is 17.2 Å². The SMILES string of the molecule is CN(C)CC1CNCCC1(CCc1ccccc1O)c1cccc(C#N)c1. The van der Waals surface area contributed by atoms with Crippen molar-refractivity contribution in [2.75, 3.05) is 33.7 Å². The van der Waals surface area contributed by atoms with Crippen molar-refractivity contribution in [3.05, 3.63) is 65.2 Å². The normalized spacial score (nSPS) is 22.5. The molecule has 2 N–H and O–H groups in total. The van der Waals surface area contributed by atoms with E-state index < -0.39 is 0 Å². The summed E-state index contributed by atoms with van der Waals surface area (Å²) in [6.45, 7) is 2.93. The Labute approximate surface area is 162 Å². The number of nitrogens with one attached hydrogen (secondary N) is 1. The molecule has 2 atom stereocenters. The summed E-state index contributed by atoms with van der Waals surface area (Å²) in [6, 6.07) is 18.0. The fourth-order valence-corrected chi connectivity index (χ4v) is 4.50. The molecule has 2 aromatic rings. The Balaban J connectivity index is 1.99. The van der Waals surface area contributed by atoms with Gasteiger partial charge in [0, 0.05) is 18.5 Å². The highest BCUT2D eigenvalue weighted by Gasteiger charge is 2.42. The predicted octanol–water partition coefficient (Wildman–Crippen LogP) is 3.31. The average molecular weight is 364 g/mol.